The highest BCUT2D eigenvalue weighted by Gasteiger charge is 2.73. The van der Waals surface area contributed by atoms with E-state index in [2.05, 4.69) is 15.0 Å². The van der Waals surface area contributed by atoms with Gasteiger partial charge in [-0.3, -0.25) is 9.13 Å². The maximum atomic E-state index is 16.1. The molecule has 43 heavy (non-hydrogen) atoms. The van der Waals surface area contributed by atoms with Crippen molar-refractivity contribution >= 4 is 36.3 Å². The molecule has 6 atom stereocenters. The van der Waals surface area contributed by atoms with E-state index in [1.807, 2.05) is 11.9 Å². The largest absolute Gasteiger partial charge is 0.487 e. The van der Waals surface area contributed by atoms with Crippen LogP contribution in [0.15, 0.2) is 30.6 Å². The molecule has 3 aliphatic rings. The van der Waals surface area contributed by atoms with E-state index < -0.39 is 48.8 Å². The molecule has 1 unspecified atom stereocenters. The molecular formula is C27H35FN7O7P. The molecule has 1 saturated carbocycles. The molecule has 6 rings (SSSR count). The average Bonchev–Trinajstić information content (AvgIpc) is 3.81. The van der Waals surface area contributed by atoms with Gasteiger partial charge in [0.05, 0.1) is 18.6 Å². The van der Waals surface area contributed by atoms with Crippen LogP contribution in [0.3, 0.4) is 0 Å². The zero-order valence-electron chi connectivity index (χ0n) is 24.2. The number of para-hydroxylation sites is 2. The third-order valence-corrected chi connectivity index (χ3v) is 10.5. The van der Waals surface area contributed by atoms with Gasteiger partial charge in [-0.25, -0.2) is 14.2 Å². The lowest BCUT2D eigenvalue weighted by molar-refractivity contribution is -0.148. The number of aliphatic hydroxyl groups is 1. The van der Waals surface area contributed by atoms with E-state index in [0.717, 1.165) is 12.8 Å². The second-order valence-electron chi connectivity index (χ2n) is 11.8. The first-order valence-corrected chi connectivity index (χ1v) is 15.8. The number of hydrogen-bond donors (Lipinski definition) is 3. The van der Waals surface area contributed by atoms with Crippen molar-refractivity contribution in [1.29, 1.82) is 0 Å². The van der Waals surface area contributed by atoms with Crippen LogP contribution in [0.1, 0.15) is 39.8 Å². The van der Waals surface area contributed by atoms with Gasteiger partial charge < -0.3 is 40.2 Å². The van der Waals surface area contributed by atoms with Crippen LogP contribution in [0.25, 0.3) is 11.2 Å². The average molecular weight is 620 g/mol. The predicted molar refractivity (Wildman–Crippen MR) is 154 cm³/mol. The number of aliphatic hydroxyl groups excluding tert-OH is 1. The molecule has 2 aromatic heterocycles. The van der Waals surface area contributed by atoms with Crippen LogP contribution < -0.4 is 25.6 Å². The van der Waals surface area contributed by atoms with Gasteiger partial charge in [-0.1, -0.05) is 12.1 Å². The number of anilines is 2. The van der Waals surface area contributed by atoms with Gasteiger partial charge in [-0.2, -0.15) is 9.97 Å². The zero-order chi connectivity index (χ0) is 30.9. The van der Waals surface area contributed by atoms with E-state index in [-0.39, 0.29) is 35.9 Å². The van der Waals surface area contributed by atoms with Gasteiger partial charge in [0, 0.05) is 13.1 Å². The molecule has 0 spiro atoms. The lowest BCUT2D eigenvalue weighted by Gasteiger charge is -2.25. The van der Waals surface area contributed by atoms with E-state index >= 15 is 4.39 Å². The Morgan fingerprint density at radius 2 is 2.00 bits per heavy atom. The number of hydrogen-bond acceptors (Lipinski definition) is 13. The Balaban J connectivity index is 1.19. The van der Waals surface area contributed by atoms with Crippen molar-refractivity contribution in [3.63, 3.8) is 0 Å². The van der Waals surface area contributed by atoms with Crippen molar-refractivity contribution in [3.05, 3.63) is 30.6 Å². The first-order valence-electron chi connectivity index (χ1n) is 14.0. The minimum Gasteiger partial charge on any atom is -0.487 e. The van der Waals surface area contributed by atoms with Crippen LogP contribution in [0.5, 0.6) is 11.5 Å². The molecule has 16 heteroatoms. The summed E-state index contributed by atoms with van der Waals surface area (Å²) in [5.74, 6) is -0.0488. The Morgan fingerprint density at radius 1 is 1.30 bits per heavy atom. The predicted octanol–water partition coefficient (Wildman–Crippen LogP) is 2.35. The fraction of sp³-hybridized carbons (Fsp3) is 0.556. The van der Waals surface area contributed by atoms with Gasteiger partial charge in [0.25, 0.3) is 7.37 Å². The summed E-state index contributed by atoms with van der Waals surface area (Å²) >= 11 is 0. The SMILES string of the molecule is CC(C)OC(=O)[C@]1(N)CP1(=O)Oc1ccccc1OC[C@H]1O[C@@H](n2cnc3c(N(C)C4CC4)nc(N)nc32)[C@](C)(F)[C@@H]1O. The number of halogens is 1. The molecular weight excluding hydrogens is 584 g/mol. The van der Waals surface area contributed by atoms with Crippen molar-refractivity contribution in [1.82, 2.24) is 19.5 Å². The molecule has 0 amide bonds. The zero-order valence-corrected chi connectivity index (χ0v) is 25.1. The number of imidazole rings is 1. The number of nitrogens with zero attached hydrogens (tertiary/aromatic N) is 5. The number of aromatic nitrogens is 4. The van der Waals surface area contributed by atoms with Crippen molar-refractivity contribution in [2.75, 3.05) is 30.5 Å². The Kier molecular flexibility index (Phi) is 7.07. The molecule has 0 bridgehead atoms. The number of nitrogens with two attached hydrogens (primary N) is 2. The monoisotopic (exact) mass is 619 g/mol. The number of nitrogen functional groups attached to an aromatic ring is 1. The summed E-state index contributed by atoms with van der Waals surface area (Å²) in [5, 5.41) is 9.21. The van der Waals surface area contributed by atoms with Crippen LogP contribution >= 0.6 is 7.37 Å². The Hall–Kier alpha value is -3.52. The molecule has 4 heterocycles. The van der Waals surface area contributed by atoms with E-state index in [4.69, 9.17) is 30.2 Å². The quantitative estimate of drug-likeness (QED) is 0.222. The maximum absolute atomic E-state index is 16.1. The fourth-order valence-electron chi connectivity index (χ4n) is 5.21. The molecule has 2 saturated heterocycles. The summed E-state index contributed by atoms with van der Waals surface area (Å²) in [6.45, 7) is 4.26. The Labute approximate surface area is 246 Å². The minimum atomic E-state index is -3.62. The normalized spacial score (nSPS) is 31.8. The van der Waals surface area contributed by atoms with Crippen molar-refractivity contribution in [2.45, 2.75) is 75.1 Å². The molecule has 1 aliphatic carbocycles. The second-order valence-corrected chi connectivity index (χ2v) is 14.4. The van der Waals surface area contributed by atoms with Crippen molar-refractivity contribution in [3.8, 4) is 11.5 Å². The number of ether oxygens (including phenoxy) is 3. The number of carbonyl (C=O) groups is 1. The Bertz CT molecular complexity index is 1620. The first-order chi connectivity index (χ1) is 20.2. The number of esters is 1. The maximum Gasteiger partial charge on any atom is 0.338 e. The lowest BCUT2D eigenvalue weighted by atomic mass is 9.98. The summed E-state index contributed by atoms with van der Waals surface area (Å²) in [6, 6.07) is 6.66. The number of carbonyl (C=O) groups excluding carboxylic acids is 1. The van der Waals surface area contributed by atoms with Gasteiger partial charge in [-0.15, -0.1) is 0 Å². The summed E-state index contributed by atoms with van der Waals surface area (Å²) in [7, 11) is -1.72. The topological polar surface area (TPSA) is 190 Å². The fourth-order valence-corrected chi connectivity index (χ4v) is 7.28. The third-order valence-electron chi connectivity index (χ3n) is 7.97. The van der Waals surface area contributed by atoms with Gasteiger partial charge in [-0.05, 0) is 45.7 Å². The number of benzene rings is 1. The van der Waals surface area contributed by atoms with E-state index in [1.54, 1.807) is 32.0 Å². The molecule has 2 aliphatic heterocycles. The van der Waals surface area contributed by atoms with Gasteiger partial charge in [0.15, 0.2) is 40.4 Å². The van der Waals surface area contributed by atoms with Crippen molar-refractivity contribution < 1.29 is 37.6 Å². The number of alkyl halides is 1. The summed E-state index contributed by atoms with van der Waals surface area (Å²) in [6.07, 6.45) is -1.21. The van der Waals surface area contributed by atoms with Crippen LogP contribution in [0.2, 0.25) is 0 Å². The van der Waals surface area contributed by atoms with Gasteiger partial charge in [0.1, 0.15) is 18.8 Å². The number of rotatable bonds is 10. The molecule has 3 fully saturated rings. The summed E-state index contributed by atoms with van der Waals surface area (Å²) in [4.78, 5) is 27.5. The molecule has 3 aromatic rings. The molecule has 0 radical (unpaired) electrons. The van der Waals surface area contributed by atoms with E-state index in [9.17, 15) is 14.5 Å². The van der Waals surface area contributed by atoms with Gasteiger partial charge >= 0.3 is 5.97 Å². The van der Waals surface area contributed by atoms with Crippen LogP contribution in [0, 0.1) is 0 Å². The van der Waals surface area contributed by atoms with E-state index in [0.29, 0.717) is 17.4 Å². The standard InChI is InChI=1S/C27H35FN7O7P/c1-14(2)40-24(37)27(30)12-43(27,38)42-17-8-6-5-7-16(17)39-11-18-20(36)26(3,28)23(41-18)35-13-31-19-21(34(4)15-9-10-15)32-25(29)33-22(19)35/h5-8,13-15,18,20,23,36H,9-12,30H2,1-4H3,(H2,29,32,33)/t18-,20-,23-,26-,27+,43?/m1/s1. The highest BCUT2D eigenvalue weighted by Crippen LogP contribution is 2.73. The van der Waals surface area contributed by atoms with Crippen LogP contribution in [-0.2, 0) is 18.8 Å². The molecule has 1 aromatic carbocycles. The lowest BCUT2D eigenvalue weighted by Crippen LogP contribution is -2.41. The molecule has 5 N–H and O–H groups in total. The number of fused-ring (bicyclic) bond motifs is 1. The highest BCUT2D eigenvalue weighted by atomic mass is 31.2. The molecule has 232 valence electrons. The summed E-state index contributed by atoms with van der Waals surface area (Å²) < 4.78 is 53.5. The van der Waals surface area contributed by atoms with E-state index in [1.165, 1.54) is 23.9 Å². The highest BCUT2D eigenvalue weighted by molar-refractivity contribution is 7.70. The summed E-state index contributed by atoms with van der Waals surface area (Å²) in [5.41, 5.74) is 10.5. The second kappa shape index (κ2) is 10.3. The van der Waals surface area contributed by atoms with Gasteiger partial charge in [0.2, 0.25) is 11.2 Å². The third kappa shape index (κ3) is 5.07. The minimum absolute atomic E-state index is 0.000890. The smallest absolute Gasteiger partial charge is 0.338 e. The molecule has 14 nitrogen and oxygen atoms in total. The van der Waals surface area contributed by atoms with Crippen molar-refractivity contribution in [2.24, 2.45) is 5.73 Å². The van der Waals surface area contributed by atoms with Crippen LogP contribution in [0.4, 0.5) is 16.2 Å². The van der Waals surface area contributed by atoms with Crippen LogP contribution in [-0.4, -0.2) is 85.7 Å². The Morgan fingerprint density at radius 3 is 2.67 bits per heavy atom. The first kappa shape index (κ1) is 29.5.